The summed E-state index contributed by atoms with van der Waals surface area (Å²) in [5.41, 5.74) is -0.381. The lowest BCUT2D eigenvalue weighted by Crippen LogP contribution is -2.28. The Bertz CT molecular complexity index is 1120. The average molecular weight is 336 g/mol. The molecule has 3 aromatic rings. The Morgan fingerprint density at radius 1 is 0.880 bits per heavy atom. The summed E-state index contributed by atoms with van der Waals surface area (Å²) in [4.78, 5) is 38.5. The number of carbonyl (C=O) groups excluding carboxylic acids is 2. The largest absolute Gasteiger partial charge is 0.497 e. The van der Waals surface area contributed by atoms with Gasteiger partial charge in [0, 0.05) is 11.6 Å². The number of ketones is 2. The molecule has 0 aliphatic heterocycles. The van der Waals surface area contributed by atoms with Crippen molar-refractivity contribution in [3.8, 4) is 11.5 Å². The summed E-state index contributed by atoms with van der Waals surface area (Å²) >= 11 is 0. The second kappa shape index (κ2) is 5.31. The zero-order valence-corrected chi connectivity index (χ0v) is 13.4. The molecule has 1 heterocycles. The van der Waals surface area contributed by atoms with Gasteiger partial charge in [0.15, 0.2) is 5.76 Å². The topological polar surface area (TPSA) is 82.8 Å². The molecule has 0 N–H and O–H groups in total. The minimum atomic E-state index is -0.575. The van der Waals surface area contributed by atoms with Gasteiger partial charge in [-0.25, -0.2) is 0 Å². The molecule has 1 aliphatic carbocycles. The molecule has 0 radical (unpaired) electrons. The van der Waals surface area contributed by atoms with E-state index < -0.39 is 17.0 Å². The molecule has 1 aromatic heterocycles. The van der Waals surface area contributed by atoms with Crippen molar-refractivity contribution in [1.29, 1.82) is 0 Å². The standard InChI is InChI=1S/C19H12O6/c1-23-9-6-7-10-13(8-9)25-19-15(16(10)20)18(22)14-11(17(19)21)4-3-5-12(14)24-2/h3-8H,1-2H3. The lowest BCUT2D eigenvalue weighted by atomic mass is 9.86. The molecule has 6 heteroatoms. The predicted molar refractivity (Wildman–Crippen MR) is 88.9 cm³/mol. The summed E-state index contributed by atoms with van der Waals surface area (Å²) in [5.74, 6) is -0.627. The maximum atomic E-state index is 12.9. The third kappa shape index (κ3) is 2.00. The molecule has 0 saturated carbocycles. The predicted octanol–water partition coefficient (Wildman–Crippen LogP) is 2.59. The van der Waals surface area contributed by atoms with E-state index in [9.17, 15) is 14.4 Å². The highest BCUT2D eigenvalue weighted by molar-refractivity contribution is 6.28. The van der Waals surface area contributed by atoms with Gasteiger partial charge in [-0.15, -0.1) is 0 Å². The highest BCUT2D eigenvalue weighted by Crippen LogP contribution is 2.33. The first kappa shape index (κ1) is 15.1. The molecule has 0 saturated heterocycles. The molecular formula is C19H12O6. The van der Waals surface area contributed by atoms with Gasteiger partial charge in [0.1, 0.15) is 22.6 Å². The van der Waals surface area contributed by atoms with E-state index in [1.165, 1.54) is 32.4 Å². The maximum Gasteiger partial charge on any atom is 0.230 e. The van der Waals surface area contributed by atoms with Gasteiger partial charge >= 0.3 is 0 Å². The monoisotopic (exact) mass is 336 g/mol. The van der Waals surface area contributed by atoms with Crippen molar-refractivity contribution < 1.29 is 23.5 Å². The van der Waals surface area contributed by atoms with Crippen molar-refractivity contribution in [3.63, 3.8) is 0 Å². The second-order valence-electron chi connectivity index (χ2n) is 5.54. The number of hydrogen-bond donors (Lipinski definition) is 0. The van der Waals surface area contributed by atoms with Crippen molar-refractivity contribution in [1.82, 2.24) is 0 Å². The minimum Gasteiger partial charge on any atom is -0.497 e. The van der Waals surface area contributed by atoms with Gasteiger partial charge in [0.2, 0.25) is 17.0 Å². The number of hydrogen-bond acceptors (Lipinski definition) is 6. The van der Waals surface area contributed by atoms with Crippen LogP contribution in [-0.2, 0) is 0 Å². The van der Waals surface area contributed by atoms with E-state index in [0.29, 0.717) is 5.75 Å². The van der Waals surface area contributed by atoms with Crippen LogP contribution in [0, 0.1) is 0 Å². The zero-order chi connectivity index (χ0) is 17.7. The van der Waals surface area contributed by atoms with Crippen molar-refractivity contribution in [2.45, 2.75) is 0 Å². The van der Waals surface area contributed by atoms with Gasteiger partial charge in [0.25, 0.3) is 0 Å². The third-order valence-corrected chi connectivity index (χ3v) is 4.25. The van der Waals surface area contributed by atoms with Crippen LogP contribution in [-0.4, -0.2) is 25.8 Å². The Balaban J connectivity index is 2.08. The number of rotatable bonds is 2. The van der Waals surface area contributed by atoms with Crippen molar-refractivity contribution in [2.75, 3.05) is 14.2 Å². The normalized spacial score (nSPS) is 12.7. The molecular weight excluding hydrogens is 324 g/mol. The SMILES string of the molecule is COc1ccc2c(=O)c3c(oc2c1)C(=O)c1cccc(OC)c1C3=O. The van der Waals surface area contributed by atoms with E-state index in [1.54, 1.807) is 18.2 Å². The summed E-state index contributed by atoms with van der Waals surface area (Å²) in [6, 6.07) is 9.30. The molecule has 0 spiro atoms. The fraction of sp³-hybridized carbons (Fsp3) is 0.105. The number of benzene rings is 2. The summed E-state index contributed by atoms with van der Waals surface area (Å²) < 4.78 is 15.9. The van der Waals surface area contributed by atoms with E-state index in [0.717, 1.165) is 0 Å². The van der Waals surface area contributed by atoms with Gasteiger partial charge in [-0.2, -0.15) is 0 Å². The van der Waals surface area contributed by atoms with E-state index in [4.69, 9.17) is 13.9 Å². The Morgan fingerprint density at radius 2 is 1.68 bits per heavy atom. The van der Waals surface area contributed by atoms with Crippen LogP contribution in [0.1, 0.15) is 32.0 Å². The quantitative estimate of drug-likeness (QED) is 0.559. The summed E-state index contributed by atoms with van der Waals surface area (Å²) in [7, 11) is 2.88. The molecule has 1 aliphatic rings. The van der Waals surface area contributed by atoms with Crippen LogP contribution < -0.4 is 14.9 Å². The second-order valence-corrected chi connectivity index (χ2v) is 5.54. The summed E-state index contributed by atoms with van der Waals surface area (Å²) in [5, 5.41) is 0.207. The Labute approximate surface area is 141 Å². The first-order valence-electron chi connectivity index (χ1n) is 7.48. The third-order valence-electron chi connectivity index (χ3n) is 4.25. The molecule has 4 rings (SSSR count). The highest BCUT2D eigenvalue weighted by Gasteiger charge is 2.37. The number of methoxy groups -OCH3 is 2. The lowest BCUT2D eigenvalue weighted by molar-refractivity contribution is 0.0955. The van der Waals surface area contributed by atoms with Crippen LogP contribution in [0.3, 0.4) is 0 Å². The molecule has 124 valence electrons. The van der Waals surface area contributed by atoms with E-state index in [1.807, 2.05) is 0 Å². The van der Waals surface area contributed by atoms with Gasteiger partial charge in [-0.05, 0) is 24.3 Å². The number of fused-ring (bicyclic) bond motifs is 3. The van der Waals surface area contributed by atoms with E-state index >= 15 is 0 Å². The van der Waals surface area contributed by atoms with Crippen LogP contribution in [0.4, 0.5) is 0 Å². The zero-order valence-electron chi connectivity index (χ0n) is 13.4. The fourth-order valence-corrected chi connectivity index (χ4v) is 3.04. The van der Waals surface area contributed by atoms with E-state index in [2.05, 4.69) is 0 Å². The molecule has 25 heavy (non-hydrogen) atoms. The highest BCUT2D eigenvalue weighted by atomic mass is 16.5. The van der Waals surface area contributed by atoms with E-state index in [-0.39, 0.29) is 39.2 Å². The van der Waals surface area contributed by atoms with Crippen LogP contribution >= 0.6 is 0 Å². The van der Waals surface area contributed by atoms with Gasteiger partial charge in [-0.1, -0.05) is 6.07 Å². The smallest absolute Gasteiger partial charge is 0.230 e. The van der Waals surface area contributed by atoms with Crippen molar-refractivity contribution in [3.05, 3.63) is 69.1 Å². The first-order valence-corrected chi connectivity index (χ1v) is 7.48. The molecule has 2 aromatic carbocycles. The minimum absolute atomic E-state index is 0.0858. The van der Waals surface area contributed by atoms with Crippen LogP contribution in [0.2, 0.25) is 0 Å². The average Bonchev–Trinajstić information content (AvgIpc) is 2.64. The van der Waals surface area contributed by atoms with Crippen molar-refractivity contribution >= 4 is 22.5 Å². The summed E-state index contributed by atoms with van der Waals surface area (Å²) in [6.45, 7) is 0. The Morgan fingerprint density at radius 3 is 2.40 bits per heavy atom. The molecule has 0 fully saturated rings. The summed E-state index contributed by atoms with van der Waals surface area (Å²) in [6.07, 6.45) is 0. The Kier molecular flexibility index (Phi) is 3.21. The molecule has 0 amide bonds. The van der Waals surface area contributed by atoms with Crippen LogP contribution in [0.15, 0.2) is 45.6 Å². The van der Waals surface area contributed by atoms with Crippen molar-refractivity contribution in [2.24, 2.45) is 0 Å². The fourth-order valence-electron chi connectivity index (χ4n) is 3.04. The molecule has 6 nitrogen and oxygen atoms in total. The molecule has 0 unspecified atom stereocenters. The molecule has 0 atom stereocenters. The van der Waals surface area contributed by atoms with Gasteiger partial charge in [0.05, 0.1) is 25.2 Å². The van der Waals surface area contributed by atoms with Gasteiger partial charge < -0.3 is 13.9 Å². The van der Waals surface area contributed by atoms with Gasteiger partial charge in [-0.3, -0.25) is 14.4 Å². The molecule has 0 bridgehead atoms. The Hall–Kier alpha value is -3.41. The number of carbonyl (C=O) groups is 2. The maximum absolute atomic E-state index is 12.9. The first-order chi connectivity index (χ1) is 12.1. The van der Waals surface area contributed by atoms with Crippen LogP contribution in [0.5, 0.6) is 11.5 Å². The van der Waals surface area contributed by atoms with Crippen LogP contribution in [0.25, 0.3) is 11.0 Å². The number of ether oxygens (including phenoxy) is 2. The lowest BCUT2D eigenvalue weighted by Gasteiger charge is -2.18.